The van der Waals surface area contributed by atoms with Crippen molar-refractivity contribution >= 4 is 35.8 Å². The minimum Gasteiger partial charge on any atom is -0.387 e. The van der Waals surface area contributed by atoms with Gasteiger partial charge in [-0.15, -0.1) is 24.0 Å². The molecule has 2 saturated heterocycles. The fraction of sp³-hybridized carbons (Fsp3) is 0.652. The van der Waals surface area contributed by atoms with E-state index in [9.17, 15) is 9.90 Å². The molecule has 3 N–H and O–H groups in total. The van der Waals surface area contributed by atoms with E-state index in [0.717, 1.165) is 56.9 Å². The minimum atomic E-state index is -0.865. The number of hydrogen-bond donors (Lipinski definition) is 3. The van der Waals surface area contributed by atoms with Gasteiger partial charge in [-0.1, -0.05) is 24.3 Å². The summed E-state index contributed by atoms with van der Waals surface area (Å²) in [7, 11) is 0. The molecule has 1 aromatic carbocycles. The van der Waals surface area contributed by atoms with Crippen molar-refractivity contribution in [3.05, 3.63) is 35.4 Å². The van der Waals surface area contributed by atoms with Gasteiger partial charge in [-0.25, -0.2) is 4.99 Å². The number of β-amino-alcohol motifs (C(OH)–C–C–N with tert-alkyl or cyclic N) is 1. The van der Waals surface area contributed by atoms with Gasteiger partial charge in [0.25, 0.3) is 0 Å². The van der Waals surface area contributed by atoms with Gasteiger partial charge in [0.1, 0.15) is 0 Å². The van der Waals surface area contributed by atoms with Crippen molar-refractivity contribution < 1.29 is 14.6 Å². The van der Waals surface area contributed by atoms with Crippen molar-refractivity contribution in [1.29, 1.82) is 0 Å². The molecule has 0 aromatic heterocycles. The molecular formula is C23H38IN5O3. The van der Waals surface area contributed by atoms with E-state index >= 15 is 0 Å². The highest BCUT2D eigenvalue weighted by atomic mass is 127. The molecule has 1 atom stereocenters. The zero-order valence-corrected chi connectivity index (χ0v) is 21.6. The third-order valence-electron chi connectivity index (χ3n) is 5.60. The zero-order valence-electron chi connectivity index (χ0n) is 19.3. The van der Waals surface area contributed by atoms with Gasteiger partial charge in [0.15, 0.2) is 5.96 Å². The van der Waals surface area contributed by atoms with Crippen LogP contribution in [0, 0.1) is 0 Å². The van der Waals surface area contributed by atoms with Crippen LogP contribution in [0.4, 0.5) is 0 Å². The lowest BCUT2D eigenvalue weighted by Gasteiger charge is -2.34. The Bertz CT molecular complexity index is 753. The number of morpholine rings is 1. The molecule has 2 heterocycles. The van der Waals surface area contributed by atoms with E-state index in [4.69, 9.17) is 9.73 Å². The Morgan fingerprint density at radius 1 is 1.22 bits per heavy atom. The Morgan fingerprint density at radius 3 is 2.66 bits per heavy atom. The molecular weight excluding hydrogens is 521 g/mol. The first-order chi connectivity index (χ1) is 14.9. The lowest BCUT2D eigenvalue weighted by atomic mass is 10.1. The van der Waals surface area contributed by atoms with Crippen LogP contribution in [0.3, 0.4) is 0 Å². The quantitative estimate of drug-likeness (QED) is 0.242. The highest BCUT2D eigenvalue weighted by molar-refractivity contribution is 14.0. The van der Waals surface area contributed by atoms with Crippen molar-refractivity contribution in [3.8, 4) is 0 Å². The molecule has 0 radical (unpaired) electrons. The van der Waals surface area contributed by atoms with Crippen molar-refractivity contribution in [1.82, 2.24) is 20.4 Å². The summed E-state index contributed by atoms with van der Waals surface area (Å²) in [5, 5.41) is 17.3. The summed E-state index contributed by atoms with van der Waals surface area (Å²) in [6.45, 7) is 10.8. The molecule has 2 aliphatic rings. The van der Waals surface area contributed by atoms with Crippen LogP contribution in [0.15, 0.2) is 29.3 Å². The maximum atomic E-state index is 11.9. The lowest BCUT2D eigenvalue weighted by molar-refractivity contribution is -0.128. The van der Waals surface area contributed by atoms with Crippen LogP contribution in [0.1, 0.15) is 37.8 Å². The lowest BCUT2D eigenvalue weighted by Crippen LogP contribution is -2.52. The number of carbonyl (C=O) groups excluding carboxylic acids is 1. The Hall–Kier alpha value is -1.43. The predicted octanol–water partition coefficient (Wildman–Crippen LogP) is 1.57. The Labute approximate surface area is 208 Å². The Kier molecular flexibility index (Phi) is 11.2. The largest absolute Gasteiger partial charge is 0.387 e. The number of ether oxygens (including phenoxy) is 1. The number of guanidine groups is 1. The van der Waals surface area contributed by atoms with Gasteiger partial charge in [0, 0.05) is 52.2 Å². The highest BCUT2D eigenvalue weighted by Crippen LogP contribution is 2.15. The number of halogens is 1. The number of likely N-dealkylation sites (tertiary alicyclic amines) is 1. The van der Waals surface area contributed by atoms with Gasteiger partial charge in [0.05, 0.1) is 25.4 Å². The zero-order chi connectivity index (χ0) is 22.1. The van der Waals surface area contributed by atoms with Crippen LogP contribution in [-0.4, -0.2) is 84.9 Å². The molecule has 2 fully saturated rings. The van der Waals surface area contributed by atoms with E-state index in [0.29, 0.717) is 38.6 Å². The number of aliphatic imine (C=N–C) groups is 1. The Balaban J connectivity index is 0.00000363. The summed E-state index contributed by atoms with van der Waals surface area (Å²) in [6.07, 6.45) is 1.62. The van der Waals surface area contributed by atoms with Gasteiger partial charge in [-0.05, 0) is 31.4 Å². The molecule has 8 nitrogen and oxygen atoms in total. The summed E-state index contributed by atoms with van der Waals surface area (Å²) in [5.41, 5.74) is 1.37. The maximum Gasteiger partial charge on any atom is 0.222 e. The Morgan fingerprint density at radius 2 is 1.97 bits per heavy atom. The standard InChI is InChI=1S/C23H37N5O3.HI/c1-3-24-22(26-17-23(2,30)18-27-10-12-31-13-11-27)25-15-19-6-4-7-20(14-19)16-28-9-5-8-21(28)29;/h4,6-7,14,30H,3,5,8-13,15-18H2,1-2H3,(H2,24,25,26);1H. The monoisotopic (exact) mass is 559 g/mol. The fourth-order valence-corrected chi connectivity index (χ4v) is 4.00. The summed E-state index contributed by atoms with van der Waals surface area (Å²) in [6, 6.07) is 8.25. The van der Waals surface area contributed by atoms with E-state index < -0.39 is 5.60 Å². The third kappa shape index (κ3) is 8.84. The predicted molar refractivity (Wildman–Crippen MR) is 137 cm³/mol. The number of hydrogen-bond acceptors (Lipinski definition) is 5. The van der Waals surface area contributed by atoms with Crippen LogP contribution in [0.2, 0.25) is 0 Å². The summed E-state index contributed by atoms with van der Waals surface area (Å²) in [5.74, 6) is 0.927. The first-order valence-corrected chi connectivity index (χ1v) is 11.4. The molecule has 1 amide bonds. The second-order valence-corrected chi connectivity index (χ2v) is 8.67. The molecule has 0 spiro atoms. The average molecular weight is 559 g/mol. The highest BCUT2D eigenvalue weighted by Gasteiger charge is 2.25. The number of benzene rings is 1. The number of rotatable bonds is 9. The summed E-state index contributed by atoms with van der Waals surface area (Å²) >= 11 is 0. The molecule has 1 unspecified atom stereocenters. The SMILES string of the molecule is CCNC(=NCc1cccc(CN2CCCC2=O)c1)NCC(C)(O)CN1CCOCC1.I. The molecule has 180 valence electrons. The molecule has 3 rings (SSSR count). The molecule has 2 aliphatic heterocycles. The van der Waals surface area contributed by atoms with Crippen LogP contribution < -0.4 is 10.6 Å². The number of nitrogens with zero attached hydrogens (tertiary/aromatic N) is 3. The van der Waals surface area contributed by atoms with Crippen molar-refractivity contribution in [2.45, 2.75) is 45.4 Å². The van der Waals surface area contributed by atoms with Gasteiger partial charge in [-0.3, -0.25) is 9.69 Å². The van der Waals surface area contributed by atoms with Crippen molar-refractivity contribution in [3.63, 3.8) is 0 Å². The van der Waals surface area contributed by atoms with E-state index in [-0.39, 0.29) is 29.9 Å². The van der Waals surface area contributed by atoms with E-state index in [1.54, 1.807) is 0 Å². The maximum absolute atomic E-state index is 11.9. The van der Waals surface area contributed by atoms with Gasteiger partial charge >= 0.3 is 0 Å². The smallest absolute Gasteiger partial charge is 0.222 e. The van der Waals surface area contributed by atoms with Crippen molar-refractivity contribution in [2.75, 3.05) is 52.5 Å². The number of amides is 1. The second-order valence-electron chi connectivity index (χ2n) is 8.67. The average Bonchev–Trinajstić information content (AvgIpc) is 3.15. The van der Waals surface area contributed by atoms with E-state index in [1.165, 1.54) is 0 Å². The van der Waals surface area contributed by atoms with Gasteiger partial charge < -0.3 is 25.4 Å². The van der Waals surface area contributed by atoms with E-state index in [1.807, 2.05) is 24.8 Å². The van der Waals surface area contributed by atoms with Gasteiger partial charge in [-0.2, -0.15) is 0 Å². The molecule has 32 heavy (non-hydrogen) atoms. The van der Waals surface area contributed by atoms with Crippen LogP contribution in [-0.2, 0) is 22.6 Å². The third-order valence-corrected chi connectivity index (χ3v) is 5.60. The minimum absolute atomic E-state index is 0. The summed E-state index contributed by atoms with van der Waals surface area (Å²) in [4.78, 5) is 20.7. The first-order valence-electron chi connectivity index (χ1n) is 11.4. The normalized spacial score (nSPS) is 19.4. The molecule has 1 aromatic rings. The van der Waals surface area contributed by atoms with Crippen molar-refractivity contribution in [2.24, 2.45) is 4.99 Å². The van der Waals surface area contributed by atoms with Crippen LogP contribution >= 0.6 is 24.0 Å². The molecule has 0 bridgehead atoms. The second kappa shape index (κ2) is 13.3. The van der Waals surface area contributed by atoms with E-state index in [2.05, 4.69) is 33.7 Å². The van der Waals surface area contributed by atoms with Gasteiger partial charge in [0.2, 0.25) is 5.91 Å². The topological polar surface area (TPSA) is 89.4 Å². The number of aliphatic hydroxyl groups is 1. The number of carbonyl (C=O) groups is 1. The summed E-state index contributed by atoms with van der Waals surface area (Å²) < 4.78 is 5.38. The molecule has 0 aliphatic carbocycles. The molecule has 0 saturated carbocycles. The molecule has 9 heteroatoms. The number of nitrogens with one attached hydrogen (secondary N) is 2. The fourth-order valence-electron chi connectivity index (χ4n) is 4.00. The van der Waals surface area contributed by atoms with Crippen LogP contribution in [0.25, 0.3) is 0 Å². The van der Waals surface area contributed by atoms with Crippen LogP contribution in [0.5, 0.6) is 0 Å². The first kappa shape index (κ1) is 26.8.